The van der Waals surface area contributed by atoms with Crippen LogP contribution in [0, 0.1) is 5.92 Å². The summed E-state index contributed by atoms with van der Waals surface area (Å²) < 4.78 is 0.861. The van der Waals surface area contributed by atoms with Gasteiger partial charge in [-0.05, 0) is 53.4 Å². The number of carbonyl (C=O) groups excluding carboxylic acids is 1. The zero-order valence-electron chi connectivity index (χ0n) is 10.1. The molecule has 0 aliphatic carbocycles. The number of nitrogens with two attached hydrogens (primary N) is 1. The lowest BCUT2D eigenvalue weighted by atomic mass is 9.97. The number of piperidine rings is 1. The Morgan fingerprint density at radius 2 is 2.17 bits per heavy atom. The Bertz CT molecular complexity index is 414. The minimum Gasteiger partial charge on any atom is -0.338 e. The topological polar surface area (TPSA) is 46.3 Å². The molecule has 2 N–H and O–H groups in total. The number of rotatable bonds is 2. The van der Waals surface area contributed by atoms with Crippen molar-refractivity contribution in [1.29, 1.82) is 0 Å². The van der Waals surface area contributed by atoms with E-state index in [2.05, 4.69) is 15.9 Å². The first-order chi connectivity index (χ1) is 8.22. The van der Waals surface area contributed by atoms with E-state index in [4.69, 9.17) is 5.73 Å². The predicted octanol–water partition coefficient (Wildman–Crippen LogP) is 2.68. The lowest BCUT2D eigenvalue weighted by Gasteiger charge is -2.32. The van der Waals surface area contributed by atoms with Gasteiger partial charge in [-0.2, -0.15) is 0 Å². The Kier molecular flexibility index (Phi) is 6.12. The zero-order valence-corrected chi connectivity index (χ0v) is 12.5. The van der Waals surface area contributed by atoms with Crippen LogP contribution in [0.3, 0.4) is 0 Å². The lowest BCUT2D eigenvalue weighted by molar-refractivity contribution is 0.0677. The molecule has 0 bridgehead atoms. The smallest absolute Gasteiger partial charge is 0.255 e. The van der Waals surface area contributed by atoms with Crippen LogP contribution in [0.5, 0.6) is 0 Å². The van der Waals surface area contributed by atoms with Gasteiger partial charge in [-0.25, -0.2) is 0 Å². The van der Waals surface area contributed by atoms with E-state index >= 15 is 0 Å². The molecule has 0 aromatic heterocycles. The van der Waals surface area contributed by atoms with Crippen molar-refractivity contribution >= 4 is 34.2 Å². The first-order valence-corrected chi connectivity index (χ1v) is 6.75. The molecule has 1 fully saturated rings. The number of nitrogens with zero attached hydrogens (tertiary/aromatic N) is 1. The van der Waals surface area contributed by atoms with Crippen molar-refractivity contribution in [2.24, 2.45) is 11.7 Å². The Labute approximate surface area is 122 Å². The molecule has 18 heavy (non-hydrogen) atoms. The van der Waals surface area contributed by atoms with Crippen LogP contribution >= 0.6 is 28.3 Å². The molecule has 1 aliphatic rings. The van der Waals surface area contributed by atoms with Crippen LogP contribution in [-0.2, 0) is 0 Å². The molecule has 0 spiro atoms. The highest BCUT2D eigenvalue weighted by Gasteiger charge is 2.24. The minimum atomic E-state index is 0. The summed E-state index contributed by atoms with van der Waals surface area (Å²) in [5.74, 6) is 0.561. The summed E-state index contributed by atoms with van der Waals surface area (Å²) in [6.45, 7) is 2.30. The van der Waals surface area contributed by atoms with Gasteiger partial charge in [0.1, 0.15) is 0 Å². The maximum absolute atomic E-state index is 12.3. The summed E-state index contributed by atoms with van der Waals surface area (Å²) in [5.41, 5.74) is 6.43. The molecule has 2 rings (SSSR count). The highest BCUT2D eigenvalue weighted by Crippen LogP contribution is 2.21. The molecule has 1 aromatic carbocycles. The molecule has 1 aromatic rings. The second kappa shape index (κ2) is 7.12. The summed E-state index contributed by atoms with van der Waals surface area (Å²) in [4.78, 5) is 14.3. The second-order valence-electron chi connectivity index (χ2n) is 4.47. The van der Waals surface area contributed by atoms with Crippen molar-refractivity contribution in [3.63, 3.8) is 0 Å². The molecule has 1 saturated heterocycles. The predicted molar refractivity (Wildman–Crippen MR) is 79.1 cm³/mol. The molecule has 0 radical (unpaired) electrons. The highest BCUT2D eigenvalue weighted by molar-refractivity contribution is 9.10. The fourth-order valence-corrected chi connectivity index (χ4v) is 2.70. The van der Waals surface area contributed by atoms with Crippen LogP contribution in [0.4, 0.5) is 0 Å². The second-order valence-corrected chi connectivity index (χ2v) is 5.33. The van der Waals surface area contributed by atoms with Gasteiger partial charge in [-0.3, -0.25) is 4.79 Å². The number of hydrogen-bond donors (Lipinski definition) is 1. The number of halogens is 2. The van der Waals surface area contributed by atoms with E-state index < -0.39 is 0 Å². The van der Waals surface area contributed by atoms with Gasteiger partial charge in [0.2, 0.25) is 0 Å². The van der Waals surface area contributed by atoms with Gasteiger partial charge >= 0.3 is 0 Å². The van der Waals surface area contributed by atoms with Crippen molar-refractivity contribution in [2.75, 3.05) is 19.6 Å². The number of carbonyl (C=O) groups is 1. The molecule has 1 aliphatic heterocycles. The average Bonchev–Trinajstić information content (AvgIpc) is 2.38. The first-order valence-electron chi connectivity index (χ1n) is 5.96. The standard InChI is InChI=1S/C13H17BrN2O.ClH/c14-12-6-2-1-5-11(12)13(17)16-7-3-4-10(8-15)9-16;/h1-2,5-6,10H,3-4,7-9,15H2;1H. The molecule has 1 heterocycles. The molecule has 3 nitrogen and oxygen atoms in total. The summed E-state index contributed by atoms with van der Waals surface area (Å²) in [6.07, 6.45) is 2.19. The van der Waals surface area contributed by atoms with Gasteiger partial charge in [-0.1, -0.05) is 12.1 Å². The number of likely N-dealkylation sites (tertiary alicyclic amines) is 1. The monoisotopic (exact) mass is 332 g/mol. The molecule has 1 unspecified atom stereocenters. The SMILES string of the molecule is Cl.NCC1CCCN(C(=O)c2ccccc2Br)C1. The molecule has 5 heteroatoms. The summed E-state index contributed by atoms with van der Waals surface area (Å²) in [6, 6.07) is 7.57. The summed E-state index contributed by atoms with van der Waals surface area (Å²) >= 11 is 3.42. The van der Waals surface area contributed by atoms with Crippen molar-refractivity contribution < 1.29 is 4.79 Å². The van der Waals surface area contributed by atoms with Gasteiger partial charge < -0.3 is 10.6 Å². The number of benzene rings is 1. The van der Waals surface area contributed by atoms with Crippen LogP contribution < -0.4 is 5.73 Å². The minimum absolute atomic E-state index is 0. The van der Waals surface area contributed by atoms with Gasteiger partial charge in [-0.15, -0.1) is 12.4 Å². The Morgan fingerprint density at radius 1 is 1.44 bits per heavy atom. The first kappa shape index (κ1) is 15.5. The third-order valence-corrected chi connectivity index (χ3v) is 3.94. The maximum atomic E-state index is 12.3. The van der Waals surface area contributed by atoms with Crippen molar-refractivity contribution in [1.82, 2.24) is 4.90 Å². The van der Waals surface area contributed by atoms with E-state index in [1.54, 1.807) is 0 Å². The van der Waals surface area contributed by atoms with Crippen molar-refractivity contribution in [3.8, 4) is 0 Å². The van der Waals surface area contributed by atoms with E-state index in [0.29, 0.717) is 12.5 Å². The normalized spacial score (nSPS) is 19.2. The fourth-order valence-electron chi connectivity index (χ4n) is 2.25. The quantitative estimate of drug-likeness (QED) is 0.904. The van der Waals surface area contributed by atoms with Crippen LogP contribution in [0.1, 0.15) is 23.2 Å². The van der Waals surface area contributed by atoms with Crippen LogP contribution in [0.2, 0.25) is 0 Å². The maximum Gasteiger partial charge on any atom is 0.255 e. The van der Waals surface area contributed by atoms with Crippen LogP contribution in [-0.4, -0.2) is 30.4 Å². The van der Waals surface area contributed by atoms with E-state index in [9.17, 15) is 4.79 Å². The van der Waals surface area contributed by atoms with E-state index in [0.717, 1.165) is 36.0 Å². The molecule has 0 saturated carbocycles. The van der Waals surface area contributed by atoms with Gasteiger partial charge in [0.05, 0.1) is 5.56 Å². The largest absolute Gasteiger partial charge is 0.338 e. The molecule has 1 amide bonds. The zero-order chi connectivity index (χ0) is 12.3. The highest BCUT2D eigenvalue weighted by atomic mass is 79.9. The Balaban J connectivity index is 0.00000162. The van der Waals surface area contributed by atoms with Crippen molar-refractivity contribution in [3.05, 3.63) is 34.3 Å². The molecular formula is C13H18BrClN2O. The Hall–Kier alpha value is -0.580. The number of amides is 1. The fraction of sp³-hybridized carbons (Fsp3) is 0.462. The van der Waals surface area contributed by atoms with Gasteiger partial charge in [0, 0.05) is 17.6 Å². The third kappa shape index (κ3) is 3.46. The van der Waals surface area contributed by atoms with E-state index in [1.807, 2.05) is 29.2 Å². The van der Waals surface area contributed by atoms with E-state index in [1.165, 1.54) is 0 Å². The van der Waals surface area contributed by atoms with Gasteiger partial charge in [0.15, 0.2) is 0 Å². The van der Waals surface area contributed by atoms with E-state index in [-0.39, 0.29) is 18.3 Å². The summed E-state index contributed by atoms with van der Waals surface area (Å²) in [5, 5.41) is 0. The lowest BCUT2D eigenvalue weighted by Crippen LogP contribution is -2.42. The van der Waals surface area contributed by atoms with Crippen LogP contribution in [0.15, 0.2) is 28.7 Å². The summed E-state index contributed by atoms with van der Waals surface area (Å²) in [7, 11) is 0. The number of hydrogen-bond acceptors (Lipinski definition) is 2. The molecule has 1 atom stereocenters. The van der Waals surface area contributed by atoms with Gasteiger partial charge in [0.25, 0.3) is 5.91 Å². The molecular weight excluding hydrogens is 316 g/mol. The Morgan fingerprint density at radius 3 is 2.83 bits per heavy atom. The van der Waals surface area contributed by atoms with Crippen molar-refractivity contribution in [2.45, 2.75) is 12.8 Å². The third-order valence-electron chi connectivity index (χ3n) is 3.24. The van der Waals surface area contributed by atoms with Crippen LogP contribution in [0.25, 0.3) is 0 Å². The molecule has 100 valence electrons. The average molecular weight is 334 g/mol.